The third-order valence-electron chi connectivity index (χ3n) is 3.28. The van der Waals surface area contributed by atoms with Crippen LogP contribution < -0.4 is 0 Å². The van der Waals surface area contributed by atoms with Crippen molar-refractivity contribution in [3.63, 3.8) is 0 Å². The van der Waals surface area contributed by atoms with Crippen molar-refractivity contribution < 1.29 is 0 Å². The molecule has 0 spiro atoms. The molecule has 0 nitrogen and oxygen atoms in total. The van der Waals surface area contributed by atoms with Crippen LogP contribution >= 0.6 is 0 Å². The Morgan fingerprint density at radius 1 is 1.11 bits per heavy atom. The molecule has 1 unspecified atom stereocenters. The maximum absolute atomic E-state index is 3.47. The van der Waals surface area contributed by atoms with Crippen LogP contribution in [-0.4, -0.2) is 8.07 Å². The van der Waals surface area contributed by atoms with Gasteiger partial charge in [-0.2, -0.15) is 0 Å². The topological polar surface area (TPSA) is 0 Å². The Hall–Kier alpha value is -1.26. The lowest BCUT2D eigenvalue weighted by atomic mass is 9.93. The van der Waals surface area contributed by atoms with E-state index in [1.165, 1.54) is 17.6 Å². The molecule has 1 aliphatic carbocycles. The first-order valence-corrected chi connectivity index (χ1v) is 10.3. The Bertz CT molecular complexity index is 480. The van der Waals surface area contributed by atoms with Crippen LogP contribution in [0.15, 0.2) is 42.0 Å². The van der Waals surface area contributed by atoms with Gasteiger partial charge >= 0.3 is 0 Å². The monoisotopic (exact) mass is 256 g/mol. The number of hydrogen-bond acceptors (Lipinski definition) is 0. The molecule has 1 aromatic carbocycles. The summed E-state index contributed by atoms with van der Waals surface area (Å²) in [6, 6.07) is 10.9. The van der Waals surface area contributed by atoms with Crippen LogP contribution in [-0.2, 0) is 0 Å². The van der Waals surface area contributed by atoms with Gasteiger partial charge in [0.1, 0.15) is 8.07 Å². The third-order valence-corrected chi connectivity index (χ3v) is 4.15. The predicted octanol–water partition coefficient (Wildman–Crippen LogP) is 4.76. The molecule has 0 amide bonds. The SMILES string of the molecule is C[Si](C)(C)C#C[13C]1=[13CH]CC(c2ccccc2)CC1. The van der Waals surface area contributed by atoms with Gasteiger partial charge in [0, 0.05) is 0 Å². The second kappa shape index (κ2) is 5.59. The summed E-state index contributed by atoms with van der Waals surface area (Å²) < 4.78 is 0. The van der Waals surface area contributed by atoms with Crippen LogP contribution in [0.4, 0.5) is 0 Å². The van der Waals surface area contributed by atoms with Crippen LogP contribution in [0.1, 0.15) is 30.7 Å². The largest absolute Gasteiger partial charge is 0.129 e. The van der Waals surface area contributed by atoms with Gasteiger partial charge in [-0.3, -0.25) is 0 Å². The van der Waals surface area contributed by atoms with E-state index in [0.29, 0.717) is 5.92 Å². The van der Waals surface area contributed by atoms with Gasteiger partial charge in [0.05, 0.1) is 0 Å². The van der Waals surface area contributed by atoms with Gasteiger partial charge in [-0.15, -0.1) is 5.54 Å². The fourth-order valence-electron chi connectivity index (χ4n) is 2.24. The molecule has 0 aromatic heterocycles. The molecule has 1 atom stereocenters. The van der Waals surface area contributed by atoms with Crippen molar-refractivity contribution in [1.29, 1.82) is 0 Å². The van der Waals surface area contributed by atoms with Crippen molar-refractivity contribution in [2.24, 2.45) is 0 Å². The molecule has 0 aliphatic heterocycles. The Labute approximate surface area is 112 Å². The fourth-order valence-corrected chi connectivity index (χ4v) is 2.78. The third kappa shape index (κ3) is 3.89. The fraction of sp³-hybridized carbons (Fsp3) is 0.412. The first-order valence-electron chi connectivity index (χ1n) is 6.82. The zero-order chi connectivity index (χ0) is 13.0. The van der Waals surface area contributed by atoms with E-state index in [4.69, 9.17) is 0 Å². The summed E-state index contributed by atoms with van der Waals surface area (Å²) in [5.74, 6) is 4.10. The molecule has 94 valence electrons. The van der Waals surface area contributed by atoms with Crippen LogP contribution in [0.25, 0.3) is 0 Å². The Kier molecular flexibility index (Phi) is 4.09. The van der Waals surface area contributed by atoms with E-state index >= 15 is 0 Å². The van der Waals surface area contributed by atoms with E-state index in [1.807, 2.05) is 0 Å². The first-order chi connectivity index (χ1) is 8.54. The summed E-state index contributed by atoms with van der Waals surface area (Å²) in [5.41, 5.74) is 6.31. The van der Waals surface area contributed by atoms with Crippen molar-refractivity contribution in [3.8, 4) is 11.5 Å². The molecule has 0 saturated heterocycles. The minimum absolute atomic E-state index is 0.698. The van der Waals surface area contributed by atoms with E-state index in [1.54, 1.807) is 0 Å². The molecule has 0 heterocycles. The van der Waals surface area contributed by atoms with Crippen LogP contribution in [0.5, 0.6) is 0 Å². The Morgan fingerprint density at radius 3 is 2.39 bits per heavy atom. The zero-order valence-corrected chi connectivity index (χ0v) is 12.7. The number of hydrogen-bond donors (Lipinski definition) is 0. The lowest BCUT2D eigenvalue weighted by Gasteiger charge is -2.20. The maximum atomic E-state index is 3.47. The summed E-state index contributed by atoms with van der Waals surface area (Å²) in [5, 5.41) is 0. The standard InChI is InChI=1S/C17H22Si/c1-18(2,3)14-13-15-9-11-17(12-10-15)16-7-5-4-6-8-16/h4-9,17H,10-12H2,1-3H3/i9+1,15+1. The quantitative estimate of drug-likeness (QED) is 0.386. The molecule has 0 fully saturated rings. The highest BCUT2D eigenvalue weighted by Crippen LogP contribution is 2.31. The van der Waals surface area contributed by atoms with Gasteiger partial charge in [-0.1, -0.05) is 62.0 Å². The van der Waals surface area contributed by atoms with Gasteiger partial charge in [0.15, 0.2) is 0 Å². The molecule has 1 aromatic rings. The van der Waals surface area contributed by atoms with Crippen molar-refractivity contribution in [2.45, 2.75) is 44.8 Å². The zero-order valence-electron chi connectivity index (χ0n) is 11.7. The van der Waals surface area contributed by atoms with Crippen molar-refractivity contribution in [3.05, 3.63) is 47.5 Å². The molecular formula is C17H22Si. The van der Waals surface area contributed by atoms with E-state index < -0.39 is 8.07 Å². The highest BCUT2D eigenvalue weighted by molar-refractivity contribution is 6.83. The van der Waals surface area contributed by atoms with Crippen LogP contribution in [0.3, 0.4) is 0 Å². The normalized spacial score (nSPS) is 19.7. The first kappa shape index (κ1) is 13.2. The maximum Gasteiger partial charge on any atom is 0.129 e. The molecule has 0 radical (unpaired) electrons. The second-order valence-electron chi connectivity index (χ2n) is 6.11. The lowest BCUT2D eigenvalue weighted by molar-refractivity contribution is 0.607. The summed E-state index contributed by atoms with van der Waals surface area (Å²) in [4.78, 5) is 0. The number of rotatable bonds is 1. The van der Waals surface area contributed by atoms with Gasteiger partial charge in [0.25, 0.3) is 0 Å². The van der Waals surface area contributed by atoms with Crippen LogP contribution in [0.2, 0.25) is 19.6 Å². The molecule has 1 heteroatoms. The van der Waals surface area contributed by atoms with Gasteiger partial charge in [-0.25, -0.2) is 0 Å². The number of allylic oxidation sites excluding steroid dienone is 2. The Balaban J connectivity index is 2.02. The van der Waals surface area contributed by atoms with Gasteiger partial charge < -0.3 is 0 Å². The van der Waals surface area contributed by atoms with Crippen molar-refractivity contribution >= 4 is 8.07 Å². The summed E-state index contributed by atoms with van der Waals surface area (Å²) >= 11 is 0. The van der Waals surface area contributed by atoms with E-state index in [0.717, 1.165) is 12.8 Å². The molecule has 0 N–H and O–H groups in total. The average Bonchev–Trinajstić information content (AvgIpc) is 2.37. The van der Waals surface area contributed by atoms with Crippen molar-refractivity contribution in [1.82, 2.24) is 0 Å². The summed E-state index contributed by atoms with van der Waals surface area (Å²) in [7, 11) is -1.22. The minimum atomic E-state index is -1.22. The van der Waals surface area contributed by atoms with E-state index in [9.17, 15) is 0 Å². The molecule has 0 bridgehead atoms. The minimum Gasteiger partial charge on any atom is -0.127 e. The van der Waals surface area contributed by atoms with Gasteiger partial charge in [-0.05, 0) is 36.3 Å². The molecule has 18 heavy (non-hydrogen) atoms. The summed E-state index contributed by atoms with van der Waals surface area (Å²) in [6.07, 6.45) is 5.90. The van der Waals surface area contributed by atoms with Crippen LogP contribution in [0, 0.1) is 11.5 Å². The molecule has 0 saturated carbocycles. The summed E-state index contributed by atoms with van der Waals surface area (Å²) in [6.45, 7) is 6.91. The average molecular weight is 256 g/mol. The number of benzene rings is 1. The second-order valence-corrected chi connectivity index (χ2v) is 10.9. The molecule has 1 aliphatic rings. The highest BCUT2D eigenvalue weighted by atomic mass is 28.3. The predicted molar refractivity (Wildman–Crippen MR) is 82.2 cm³/mol. The smallest absolute Gasteiger partial charge is 0.127 e. The van der Waals surface area contributed by atoms with Gasteiger partial charge in [0.2, 0.25) is 0 Å². The van der Waals surface area contributed by atoms with E-state index in [-0.39, 0.29) is 0 Å². The highest BCUT2D eigenvalue weighted by Gasteiger charge is 2.15. The Morgan fingerprint density at radius 2 is 1.83 bits per heavy atom. The molecule has 2 rings (SSSR count). The van der Waals surface area contributed by atoms with Crippen molar-refractivity contribution in [2.75, 3.05) is 0 Å². The lowest BCUT2D eigenvalue weighted by Crippen LogP contribution is -2.16. The molecular weight excluding hydrogens is 234 g/mol. The van der Waals surface area contributed by atoms with E-state index in [2.05, 4.69) is 67.5 Å².